The molecule has 0 bridgehead atoms. The summed E-state index contributed by atoms with van der Waals surface area (Å²) in [4.78, 5) is 22.4. The minimum atomic E-state index is -0.509. The van der Waals surface area contributed by atoms with Crippen molar-refractivity contribution in [2.24, 2.45) is 0 Å². The lowest BCUT2D eigenvalue weighted by molar-refractivity contribution is 0.0876. The highest BCUT2D eigenvalue weighted by molar-refractivity contribution is 5.93. The number of hydrogen-bond acceptors (Lipinski definition) is 5. The van der Waals surface area contributed by atoms with Crippen molar-refractivity contribution in [3.63, 3.8) is 0 Å². The number of amides is 1. The third-order valence-corrected chi connectivity index (χ3v) is 2.14. The summed E-state index contributed by atoms with van der Waals surface area (Å²) in [7, 11) is 1.51. The third kappa shape index (κ3) is 4.38. The molecule has 6 nitrogen and oxygen atoms in total. The quantitative estimate of drug-likeness (QED) is 0.718. The Kier molecular flexibility index (Phi) is 5.38. The second kappa shape index (κ2) is 6.82. The minimum absolute atomic E-state index is 0.0435. The number of ether oxygens (including phenoxy) is 1. The third-order valence-electron chi connectivity index (χ3n) is 2.14. The summed E-state index contributed by atoms with van der Waals surface area (Å²) in [5.41, 5.74) is -0.256. The standard InChI is InChI=1S/C11H15NO5/c1-16-7-9(4-5-13)12-11(15)8-2-3-10(14)17-6-8/h2-3,6,9,13H,4-5,7H2,1H3,(H,12,15). The number of methoxy groups -OCH3 is 1. The zero-order valence-electron chi connectivity index (χ0n) is 9.51. The van der Waals surface area contributed by atoms with E-state index in [9.17, 15) is 9.59 Å². The van der Waals surface area contributed by atoms with Gasteiger partial charge in [0.05, 0.1) is 18.2 Å². The first-order chi connectivity index (χ1) is 8.17. The molecule has 0 aromatic carbocycles. The van der Waals surface area contributed by atoms with Crippen LogP contribution in [0.2, 0.25) is 0 Å². The number of aliphatic hydroxyl groups is 1. The van der Waals surface area contributed by atoms with Gasteiger partial charge < -0.3 is 19.6 Å². The fourth-order valence-corrected chi connectivity index (χ4v) is 1.31. The maximum atomic E-state index is 11.7. The van der Waals surface area contributed by atoms with Crippen molar-refractivity contribution in [3.05, 3.63) is 34.4 Å². The normalized spacial score (nSPS) is 12.1. The molecular weight excluding hydrogens is 226 g/mol. The van der Waals surface area contributed by atoms with Gasteiger partial charge in [0.15, 0.2) is 0 Å². The highest BCUT2D eigenvalue weighted by atomic mass is 16.5. The Balaban J connectivity index is 2.63. The van der Waals surface area contributed by atoms with Crippen LogP contribution in [0.3, 0.4) is 0 Å². The smallest absolute Gasteiger partial charge is 0.335 e. The van der Waals surface area contributed by atoms with Gasteiger partial charge in [-0.3, -0.25) is 4.79 Å². The fraction of sp³-hybridized carbons (Fsp3) is 0.455. The molecule has 1 unspecified atom stereocenters. The molecule has 1 rings (SSSR count). The van der Waals surface area contributed by atoms with E-state index in [1.807, 2.05) is 0 Å². The molecule has 0 radical (unpaired) electrons. The second-order valence-electron chi connectivity index (χ2n) is 3.48. The number of nitrogens with one attached hydrogen (secondary N) is 1. The predicted molar refractivity (Wildman–Crippen MR) is 59.8 cm³/mol. The highest BCUT2D eigenvalue weighted by Gasteiger charge is 2.13. The van der Waals surface area contributed by atoms with Crippen LogP contribution in [0.15, 0.2) is 27.6 Å². The molecule has 1 atom stereocenters. The van der Waals surface area contributed by atoms with Crippen LogP contribution in [0.4, 0.5) is 0 Å². The Morgan fingerprint density at radius 1 is 1.59 bits per heavy atom. The summed E-state index contributed by atoms with van der Waals surface area (Å²) in [6.45, 7) is 0.265. The van der Waals surface area contributed by atoms with Crippen molar-refractivity contribution >= 4 is 5.91 Å². The summed E-state index contributed by atoms with van der Waals surface area (Å²) >= 11 is 0. The Hall–Kier alpha value is -1.66. The van der Waals surface area contributed by atoms with Crippen LogP contribution in [0, 0.1) is 0 Å². The summed E-state index contributed by atoms with van der Waals surface area (Å²) in [6.07, 6.45) is 1.50. The van der Waals surface area contributed by atoms with Crippen LogP contribution in [-0.2, 0) is 4.74 Å². The maximum Gasteiger partial charge on any atom is 0.335 e. The van der Waals surface area contributed by atoms with Crippen LogP contribution >= 0.6 is 0 Å². The van der Waals surface area contributed by atoms with Gasteiger partial charge >= 0.3 is 5.63 Å². The van der Waals surface area contributed by atoms with Crippen molar-refractivity contribution in [2.45, 2.75) is 12.5 Å². The van der Waals surface area contributed by atoms with E-state index in [4.69, 9.17) is 9.84 Å². The van der Waals surface area contributed by atoms with E-state index in [-0.39, 0.29) is 24.1 Å². The maximum absolute atomic E-state index is 11.7. The SMILES string of the molecule is COCC(CCO)NC(=O)c1ccc(=O)oc1. The van der Waals surface area contributed by atoms with Crippen molar-refractivity contribution in [1.82, 2.24) is 5.32 Å². The van der Waals surface area contributed by atoms with Crippen LogP contribution in [0.5, 0.6) is 0 Å². The molecule has 0 fully saturated rings. The molecule has 17 heavy (non-hydrogen) atoms. The van der Waals surface area contributed by atoms with Crippen molar-refractivity contribution < 1.29 is 19.1 Å². The largest absolute Gasteiger partial charge is 0.430 e. The van der Waals surface area contributed by atoms with Gasteiger partial charge in [-0.1, -0.05) is 0 Å². The summed E-state index contributed by atoms with van der Waals surface area (Å²) in [6, 6.07) is 2.28. The number of aliphatic hydroxyl groups excluding tert-OH is 1. The molecule has 0 saturated carbocycles. The van der Waals surface area contributed by atoms with Gasteiger partial charge in [-0.25, -0.2) is 4.79 Å². The average molecular weight is 241 g/mol. The van der Waals surface area contributed by atoms with E-state index >= 15 is 0 Å². The number of rotatable bonds is 6. The lowest BCUT2D eigenvalue weighted by Crippen LogP contribution is -2.38. The molecule has 0 aliphatic heterocycles. The molecular formula is C11H15NO5. The van der Waals surface area contributed by atoms with Gasteiger partial charge in [-0.15, -0.1) is 0 Å². The highest BCUT2D eigenvalue weighted by Crippen LogP contribution is 1.99. The lowest BCUT2D eigenvalue weighted by Gasteiger charge is -2.16. The average Bonchev–Trinajstić information content (AvgIpc) is 2.30. The molecule has 6 heteroatoms. The molecule has 0 aliphatic rings. The molecule has 1 aromatic rings. The van der Waals surface area contributed by atoms with E-state index in [0.29, 0.717) is 13.0 Å². The van der Waals surface area contributed by atoms with Crippen molar-refractivity contribution in [3.8, 4) is 0 Å². The zero-order chi connectivity index (χ0) is 12.7. The summed E-state index contributed by atoms with van der Waals surface area (Å²) in [5.74, 6) is -0.371. The van der Waals surface area contributed by atoms with E-state index < -0.39 is 5.63 Å². The molecule has 94 valence electrons. The van der Waals surface area contributed by atoms with E-state index in [2.05, 4.69) is 9.73 Å². The molecule has 1 heterocycles. The Morgan fingerprint density at radius 2 is 2.35 bits per heavy atom. The summed E-state index contributed by atoms with van der Waals surface area (Å²) < 4.78 is 9.50. The van der Waals surface area contributed by atoms with Gasteiger partial charge in [-0.2, -0.15) is 0 Å². The van der Waals surface area contributed by atoms with Gasteiger partial charge in [0.25, 0.3) is 5.91 Å². The van der Waals surface area contributed by atoms with E-state index in [0.717, 1.165) is 6.26 Å². The Labute approximate surface area is 98.2 Å². The van der Waals surface area contributed by atoms with E-state index in [1.54, 1.807) is 0 Å². The van der Waals surface area contributed by atoms with Gasteiger partial charge in [0, 0.05) is 19.8 Å². The van der Waals surface area contributed by atoms with Crippen molar-refractivity contribution in [2.75, 3.05) is 20.3 Å². The number of carbonyl (C=O) groups is 1. The Morgan fingerprint density at radius 3 is 2.88 bits per heavy atom. The molecule has 0 saturated heterocycles. The molecule has 1 amide bonds. The molecule has 1 aromatic heterocycles. The zero-order valence-corrected chi connectivity index (χ0v) is 9.51. The molecule has 0 spiro atoms. The lowest BCUT2D eigenvalue weighted by atomic mass is 10.2. The minimum Gasteiger partial charge on any atom is -0.430 e. The van der Waals surface area contributed by atoms with Crippen LogP contribution in [0.25, 0.3) is 0 Å². The second-order valence-corrected chi connectivity index (χ2v) is 3.48. The number of hydrogen-bond donors (Lipinski definition) is 2. The summed E-state index contributed by atoms with van der Waals surface area (Å²) in [5, 5.41) is 11.5. The van der Waals surface area contributed by atoms with Crippen molar-refractivity contribution in [1.29, 1.82) is 0 Å². The first-order valence-corrected chi connectivity index (χ1v) is 5.17. The Bertz CT molecular complexity index is 388. The topological polar surface area (TPSA) is 88.8 Å². The predicted octanol–water partition coefficient (Wildman–Crippen LogP) is -0.233. The van der Waals surface area contributed by atoms with Crippen LogP contribution < -0.4 is 10.9 Å². The van der Waals surface area contributed by atoms with Gasteiger partial charge in [0.2, 0.25) is 0 Å². The van der Waals surface area contributed by atoms with Crippen LogP contribution in [-0.4, -0.2) is 37.4 Å². The first-order valence-electron chi connectivity index (χ1n) is 5.17. The molecule has 2 N–H and O–H groups in total. The van der Waals surface area contributed by atoms with Gasteiger partial charge in [0.1, 0.15) is 6.26 Å². The fourth-order valence-electron chi connectivity index (χ4n) is 1.31. The first kappa shape index (κ1) is 13.4. The van der Waals surface area contributed by atoms with Gasteiger partial charge in [-0.05, 0) is 12.5 Å². The monoisotopic (exact) mass is 241 g/mol. The number of carbonyl (C=O) groups excluding carboxylic acids is 1. The molecule has 0 aliphatic carbocycles. The van der Waals surface area contributed by atoms with E-state index in [1.165, 1.54) is 19.2 Å². The van der Waals surface area contributed by atoms with Crippen LogP contribution in [0.1, 0.15) is 16.8 Å².